The average Bonchev–Trinajstić information content (AvgIpc) is 2.73. The molecule has 114 valence electrons. The molecule has 0 radical (unpaired) electrons. The van der Waals surface area contributed by atoms with Crippen LogP contribution in [0.2, 0.25) is 0 Å². The molecule has 0 saturated carbocycles. The zero-order valence-electron chi connectivity index (χ0n) is 10.3. The third kappa shape index (κ3) is 3.67. The van der Waals surface area contributed by atoms with E-state index in [1.165, 1.54) is 0 Å². The summed E-state index contributed by atoms with van der Waals surface area (Å²) in [5.41, 5.74) is 4.82. The van der Waals surface area contributed by atoms with Crippen molar-refractivity contribution in [2.75, 3.05) is 5.73 Å². The maximum absolute atomic E-state index is 12.5. The van der Waals surface area contributed by atoms with Crippen LogP contribution in [0.1, 0.15) is 5.56 Å². The molecule has 2 aromatic rings. The molecular weight excluding hydrogens is 300 g/mol. The highest BCUT2D eigenvalue weighted by Crippen LogP contribution is 2.34. The number of benzene rings is 1. The number of nitrogens with two attached hydrogens (primary N) is 1. The van der Waals surface area contributed by atoms with E-state index in [0.29, 0.717) is 4.68 Å². The van der Waals surface area contributed by atoms with E-state index in [1.807, 2.05) is 0 Å². The van der Waals surface area contributed by atoms with Crippen LogP contribution in [0.25, 0.3) is 11.1 Å². The first-order valence-electron chi connectivity index (χ1n) is 5.62. The number of anilines is 1. The second kappa shape index (κ2) is 4.97. The Labute approximate surface area is 115 Å². The van der Waals surface area contributed by atoms with Crippen molar-refractivity contribution in [1.29, 1.82) is 0 Å². The molecular formula is C12H9F6N3. The molecule has 1 aromatic heterocycles. The Kier molecular flexibility index (Phi) is 3.60. The normalized spacial score (nSPS) is 12.7. The summed E-state index contributed by atoms with van der Waals surface area (Å²) in [5, 5.41) is 3.51. The molecule has 0 saturated heterocycles. The van der Waals surface area contributed by atoms with Gasteiger partial charge in [0.2, 0.25) is 0 Å². The van der Waals surface area contributed by atoms with Gasteiger partial charge >= 0.3 is 12.4 Å². The van der Waals surface area contributed by atoms with Gasteiger partial charge < -0.3 is 5.73 Å². The SMILES string of the molecule is Nc1cc(C(F)(F)F)ccc1-c1cnn(CC(F)(F)F)c1. The van der Waals surface area contributed by atoms with Gasteiger partial charge in [0.25, 0.3) is 0 Å². The van der Waals surface area contributed by atoms with Crippen LogP contribution in [-0.4, -0.2) is 16.0 Å². The lowest BCUT2D eigenvalue weighted by atomic mass is 10.0. The van der Waals surface area contributed by atoms with Gasteiger partial charge in [0, 0.05) is 23.0 Å². The highest BCUT2D eigenvalue weighted by Gasteiger charge is 2.31. The van der Waals surface area contributed by atoms with Gasteiger partial charge in [-0.25, -0.2) is 0 Å². The number of hydrogen-bond acceptors (Lipinski definition) is 2. The smallest absolute Gasteiger partial charge is 0.398 e. The predicted octanol–water partition coefficient (Wildman–Crippen LogP) is 3.71. The summed E-state index contributed by atoms with van der Waals surface area (Å²) >= 11 is 0. The zero-order valence-corrected chi connectivity index (χ0v) is 10.3. The van der Waals surface area contributed by atoms with Gasteiger partial charge in [0.1, 0.15) is 6.54 Å². The molecule has 0 aliphatic rings. The quantitative estimate of drug-likeness (QED) is 0.679. The summed E-state index contributed by atoms with van der Waals surface area (Å²) in [4.78, 5) is 0. The van der Waals surface area contributed by atoms with Gasteiger partial charge in [0.05, 0.1) is 11.8 Å². The van der Waals surface area contributed by atoms with E-state index in [1.54, 1.807) is 0 Å². The third-order valence-corrected chi connectivity index (χ3v) is 2.66. The average molecular weight is 309 g/mol. The fourth-order valence-corrected chi connectivity index (χ4v) is 1.77. The van der Waals surface area contributed by atoms with Crippen molar-refractivity contribution in [3.8, 4) is 11.1 Å². The van der Waals surface area contributed by atoms with Crippen molar-refractivity contribution in [1.82, 2.24) is 9.78 Å². The minimum absolute atomic E-state index is 0.184. The molecule has 0 amide bonds. The van der Waals surface area contributed by atoms with E-state index in [-0.39, 0.29) is 16.8 Å². The summed E-state index contributed by atoms with van der Waals surface area (Å²) < 4.78 is 74.7. The van der Waals surface area contributed by atoms with Gasteiger partial charge in [-0.15, -0.1) is 0 Å². The minimum atomic E-state index is -4.53. The van der Waals surface area contributed by atoms with E-state index in [0.717, 1.165) is 30.6 Å². The second-order valence-corrected chi connectivity index (χ2v) is 4.34. The molecule has 2 rings (SSSR count). The number of aromatic nitrogens is 2. The van der Waals surface area contributed by atoms with Crippen LogP contribution in [0.3, 0.4) is 0 Å². The first-order chi connectivity index (χ1) is 9.56. The molecule has 0 aliphatic heterocycles. The highest BCUT2D eigenvalue weighted by molar-refractivity contribution is 5.76. The molecule has 0 aliphatic carbocycles. The maximum Gasteiger partial charge on any atom is 0.416 e. The van der Waals surface area contributed by atoms with Crippen molar-refractivity contribution >= 4 is 5.69 Å². The van der Waals surface area contributed by atoms with Crippen LogP contribution in [0.15, 0.2) is 30.6 Å². The van der Waals surface area contributed by atoms with E-state index in [9.17, 15) is 26.3 Å². The Bertz CT molecular complexity index is 641. The molecule has 0 fully saturated rings. The second-order valence-electron chi connectivity index (χ2n) is 4.34. The van der Waals surface area contributed by atoms with Crippen LogP contribution in [-0.2, 0) is 12.7 Å². The molecule has 1 heterocycles. The van der Waals surface area contributed by atoms with Gasteiger partial charge in [-0.05, 0) is 12.1 Å². The topological polar surface area (TPSA) is 43.8 Å². The third-order valence-electron chi connectivity index (χ3n) is 2.66. The largest absolute Gasteiger partial charge is 0.416 e. The Morgan fingerprint density at radius 1 is 1.10 bits per heavy atom. The number of hydrogen-bond donors (Lipinski definition) is 1. The van der Waals surface area contributed by atoms with Crippen LogP contribution in [0.4, 0.5) is 32.0 Å². The highest BCUT2D eigenvalue weighted by atomic mass is 19.4. The summed E-state index contributed by atoms with van der Waals surface area (Å²) in [5.74, 6) is 0. The Morgan fingerprint density at radius 3 is 2.29 bits per heavy atom. The molecule has 9 heteroatoms. The molecule has 0 spiro atoms. The Balaban J connectivity index is 2.31. The van der Waals surface area contributed by atoms with Gasteiger partial charge in [-0.2, -0.15) is 31.4 Å². The van der Waals surface area contributed by atoms with E-state index in [4.69, 9.17) is 5.73 Å². The van der Waals surface area contributed by atoms with Crippen molar-refractivity contribution in [3.05, 3.63) is 36.2 Å². The van der Waals surface area contributed by atoms with Crippen molar-refractivity contribution in [2.45, 2.75) is 18.9 Å². The molecule has 3 nitrogen and oxygen atoms in total. The van der Waals surface area contributed by atoms with Crippen LogP contribution in [0.5, 0.6) is 0 Å². The van der Waals surface area contributed by atoms with Crippen molar-refractivity contribution < 1.29 is 26.3 Å². The number of nitrogens with zero attached hydrogens (tertiary/aromatic N) is 2. The van der Waals surface area contributed by atoms with Crippen LogP contribution >= 0.6 is 0 Å². The van der Waals surface area contributed by atoms with Gasteiger partial charge in [-0.1, -0.05) is 6.07 Å². The van der Waals surface area contributed by atoms with E-state index >= 15 is 0 Å². The lowest BCUT2D eigenvalue weighted by molar-refractivity contribution is -0.142. The predicted molar refractivity (Wildman–Crippen MR) is 63.1 cm³/mol. The fraction of sp³-hybridized carbons (Fsp3) is 0.250. The van der Waals surface area contributed by atoms with Crippen molar-refractivity contribution in [3.63, 3.8) is 0 Å². The molecule has 1 aromatic carbocycles. The van der Waals surface area contributed by atoms with E-state index < -0.39 is 24.5 Å². The standard InChI is InChI=1S/C12H9F6N3/c13-11(14,15)6-21-5-7(4-20-21)9-2-1-8(3-10(9)19)12(16,17)18/h1-5H,6,19H2. The first-order valence-corrected chi connectivity index (χ1v) is 5.62. The number of nitrogen functional groups attached to an aromatic ring is 1. The summed E-state index contributed by atoms with van der Waals surface area (Å²) in [7, 11) is 0. The Hall–Kier alpha value is -2.19. The van der Waals surface area contributed by atoms with Crippen molar-refractivity contribution in [2.24, 2.45) is 0 Å². The first kappa shape index (κ1) is 15.2. The summed E-state index contributed by atoms with van der Waals surface area (Å²) in [6.45, 7) is -1.28. The number of alkyl halides is 6. The van der Waals surface area contributed by atoms with E-state index in [2.05, 4.69) is 5.10 Å². The number of halogens is 6. The van der Waals surface area contributed by atoms with Gasteiger partial charge in [0.15, 0.2) is 0 Å². The summed E-state index contributed by atoms with van der Waals surface area (Å²) in [6, 6.07) is 2.65. The monoisotopic (exact) mass is 309 g/mol. The molecule has 0 bridgehead atoms. The lowest BCUT2D eigenvalue weighted by Gasteiger charge is -2.10. The summed E-state index contributed by atoms with van der Waals surface area (Å²) in [6.07, 6.45) is -6.78. The molecule has 21 heavy (non-hydrogen) atoms. The lowest BCUT2D eigenvalue weighted by Crippen LogP contribution is -2.17. The Morgan fingerprint density at radius 2 is 1.76 bits per heavy atom. The molecule has 0 atom stereocenters. The minimum Gasteiger partial charge on any atom is -0.398 e. The maximum atomic E-state index is 12.5. The van der Waals surface area contributed by atoms with Crippen LogP contribution < -0.4 is 5.73 Å². The fourth-order valence-electron chi connectivity index (χ4n) is 1.77. The van der Waals surface area contributed by atoms with Gasteiger partial charge in [-0.3, -0.25) is 4.68 Å². The zero-order chi connectivity index (χ0) is 15.8. The van der Waals surface area contributed by atoms with Crippen LogP contribution in [0, 0.1) is 0 Å². The number of rotatable bonds is 2. The molecule has 2 N–H and O–H groups in total. The molecule has 0 unspecified atom stereocenters.